The first-order valence-electron chi connectivity index (χ1n) is 7.94. The lowest BCUT2D eigenvalue weighted by molar-refractivity contribution is 0.0753. The Morgan fingerprint density at radius 1 is 1.09 bits per heavy atom. The first-order valence-corrected chi connectivity index (χ1v) is 9.02. The van der Waals surface area contributed by atoms with Gasteiger partial charge < -0.3 is 4.90 Å². The van der Waals surface area contributed by atoms with E-state index in [2.05, 4.69) is 22.6 Å². The molecule has 3 rings (SSSR count). The molecule has 1 heterocycles. The van der Waals surface area contributed by atoms with Gasteiger partial charge in [0.05, 0.1) is 5.56 Å². The highest BCUT2D eigenvalue weighted by atomic mass is 127. The number of carbonyl (C=O) groups excluding carboxylic acids is 1. The fraction of sp³-hybridized carbons (Fsp3) is 0.316. The van der Waals surface area contributed by atoms with E-state index in [0.717, 1.165) is 40.5 Å². The summed E-state index contributed by atoms with van der Waals surface area (Å²) >= 11 is 2.21. The summed E-state index contributed by atoms with van der Waals surface area (Å²) in [6.45, 7) is 1.50. The van der Waals surface area contributed by atoms with E-state index in [4.69, 9.17) is 0 Å². The van der Waals surface area contributed by atoms with Crippen molar-refractivity contribution in [3.8, 4) is 0 Å². The molecule has 0 bridgehead atoms. The largest absolute Gasteiger partial charge is 0.338 e. The summed E-state index contributed by atoms with van der Waals surface area (Å²) in [5.74, 6) is 0.168. The maximum Gasteiger partial charge on any atom is 0.254 e. The smallest absolute Gasteiger partial charge is 0.254 e. The van der Waals surface area contributed by atoms with Crippen LogP contribution in [0.4, 0.5) is 4.39 Å². The average molecular weight is 423 g/mol. The number of hydrogen-bond donors (Lipinski definition) is 0. The van der Waals surface area contributed by atoms with Crippen molar-refractivity contribution in [1.82, 2.24) is 4.90 Å². The number of benzene rings is 2. The van der Waals surface area contributed by atoms with Gasteiger partial charge in [-0.1, -0.05) is 30.7 Å². The van der Waals surface area contributed by atoms with Gasteiger partial charge in [0, 0.05) is 22.6 Å². The monoisotopic (exact) mass is 423 g/mol. The van der Waals surface area contributed by atoms with Crippen LogP contribution in [0.1, 0.15) is 41.1 Å². The number of carbonyl (C=O) groups is 1. The van der Waals surface area contributed by atoms with Gasteiger partial charge in [-0.05, 0) is 65.3 Å². The Balaban J connectivity index is 1.81. The zero-order valence-electron chi connectivity index (χ0n) is 12.8. The van der Waals surface area contributed by atoms with Crippen LogP contribution in [-0.4, -0.2) is 23.9 Å². The molecular formula is C19H19FINO. The van der Waals surface area contributed by atoms with Crippen molar-refractivity contribution in [2.75, 3.05) is 13.1 Å². The molecule has 1 amide bonds. The van der Waals surface area contributed by atoms with Crippen molar-refractivity contribution in [2.45, 2.75) is 25.2 Å². The normalized spacial score (nSPS) is 18.5. The van der Waals surface area contributed by atoms with Crippen molar-refractivity contribution in [1.29, 1.82) is 0 Å². The van der Waals surface area contributed by atoms with Gasteiger partial charge in [0.15, 0.2) is 0 Å². The van der Waals surface area contributed by atoms with Crippen molar-refractivity contribution in [2.24, 2.45) is 0 Å². The topological polar surface area (TPSA) is 20.3 Å². The van der Waals surface area contributed by atoms with Crippen LogP contribution in [0.3, 0.4) is 0 Å². The van der Waals surface area contributed by atoms with Gasteiger partial charge in [-0.15, -0.1) is 0 Å². The second-order valence-corrected chi connectivity index (χ2v) is 7.14. The van der Waals surface area contributed by atoms with Gasteiger partial charge in [0.1, 0.15) is 5.82 Å². The Morgan fingerprint density at radius 3 is 2.57 bits per heavy atom. The predicted octanol–water partition coefficient (Wildman–Crippen LogP) is 4.84. The Hall–Kier alpha value is -1.43. The zero-order valence-corrected chi connectivity index (χ0v) is 15.0. The van der Waals surface area contributed by atoms with Gasteiger partial charge in [-0.3, -0.25) is 4.79 Å². The molecule has 0 aliphatic carbocycles. The lowest BCUT2D eigenvalue weighted by atomic mass is 9.94. The van der Waals surface area contributed by atoms with Gasteiger partial charge in [0.25, 0.3) is 5.91 Å². The zero-order chi connectivity index (χ0) is 16.2. The maximum absolute atomic E-state index is 13.1. The van der Waals surface area contributed by atoms with Crippen molar-refractivity contribution < 1.29 is 9.18 Å². The molecule has 2 nitrogen and oxygen atoms in total. The van der Waals surface area contributed by atoms with E-state index >= 15 is 0 Å². The lowest BCUT2D eigenvalue weighted by Crippen LogP contribution is -2.34. The van der Waals surface area contributed by atoms with Gasteiger partial charge in [-0.2, -0.15) is 0 Å². The molecule has 1 aliphatic heterocycles. The molecule has 2 aromatic carbocycles. The second-order valence-electron chi connectivity index (χ2n) is 5.98. The third kappa shape index (κ3) is 3.91. The summed E-state index contributed by atoms with van der Waals surface area (Å²) in [7, 11) is 0. The minimum atomic E-state index is -0.214. The first-order chi connectivity index (χ1) is 11.1. The highest BCUT2D eigenvalue weighted by Gasteiger charge is 2.24. The molecule has 4 heteroatoms. The molecule has 0 aromatic heterocycles. The number of hydrogen-bond acceptors (Lipinski definition) is 1. The predicted molar refractivity (Wildman–Crippen MR) is 98.1 cm³/mol. The standard InChI is InChI=1S/C19H19FINO/c20-16-10-8-14(9-11-16)15-5-3-4-12-22(13-15)19(23)17-6-1-2-7-18(17)21/h1-2,6-11,15H,3-5,12-13H2. The Morgan fingerprint density at radius 2 is 1.83 bits per heavy atom. The summed E-state index contributed by atoms with van der Waals surface area (Å²) in [6.07, 6.45) is 3.16. The van der Waals surface area contributed by atoms with Crippen LogP contribution in [0.25, 0.3) is 0 Å². The van der Waals surface area contributed by atoms with Crippen LogP contribution in [0, 0.1) is 9.39 Å². The number of likely N-dealkylation sites (tertiary alicyclic amines) is 1. The van der Waals surface area contributed by atoms with Crippen molar-refractivity contribution in [3.63, 3.8) is 0 Å². The molecule has 0 radical (unpaired) electrons. The van der Waals surface area contributed by atoms with E-state index in [0.29, 0.717) is 6.54 Å². The van der Waals surface area contributed by atoms with E-state index in [9.17, 15) is 9.18 Å². The highest BCUT2D eigenvalue weighted by Crippen LogP contribution is 2.28. The lowest BCUT2D eigenvalue weighted by Gasteiger charge is -2.25. The molecule has 1 unspecified atom stereocenters. The van der Waals surface area contributed by atoms with Crippen LogP contribution in [0.2, 0.25) is 0 Å². The van der Waals surface area contributed by atoms with Crippen LogP contribution in [0.5, 0.6) is 0 Å². The van der Waals surface area contributed by atoms with Crippen molar-refractivity contribution in [3.05, 3.63) is 69.0 Å². The molecule has 120 valence electrons. The molecule has 2 aromatic rings. The Bertz CT molecular complexity index is 686. The number of rotatable bonds is 2. The molecule has 0 saturated carbocycles. The maximum atomic E-state index is 13.1. The molecule has 1 saturated heterocycles. The van der Waals surface area contributed by atoms with E-state index in [1.807, 2.05) is 41.3 Å². The Kier molecular flexibility index (Phi) is 5.30. The van der Waals surface area contributed by atoms with Crippen LogP contribution >= 0.6 is 22.6 Å². The fourth-order valence-corrected chi connectivity index (χ4v) is 3.76. The molecule has 0 N–H and O–H groups in total. The van der Waals surface area contributed by atoms with Gasteiger partial charge >= 0.3 is 0 Å². The summed E-state index contributed by atoms with van der Waals surface area (Å²) < 4.78 is 14.1. The molecule has 0 spiro atoms. The minimum Gasteiger partial charge on any atom is -0.338 e. The summed E-state index contributed by atoms with van der Waals surface area (Å²) in [4.78, 5) is 14.8. The van der Waals surface area contributed by atoms with E-state index in [1.165, 1.54) is 12.1 Å². The van der Waals surface area contributed by atoms with Gasteiger partial charge in [0.2, 0.25) is 0 Å². The number of halogens is 2. The molecule has 1 aliphatic rings. The third-order valence-corrected chi connectivity index (χ3v) is 5.34. The number of nitrogens with zero attached hydrogens (tertiary/aromatic N) is 1. The van der Waals surface area contributed by atoms with Crippen LogP contribution in [-0.2, 0) is 0 Å². The second kappa shape index (κ2) is 7.43. The highest BCUT2D eigenvalue weighted by molar-refractivity contribution is 14.1. The average Bonchev–Trinajstić information content (AvgIpc) is 2.81. The van der Waals surface area contributed by atoms with Crippen molar-refractivity contribution >= 4 is 28.5 Å². The third-order valence-electron chi connectivity index (χ3n) is 4.40. The summed E-state index contributed by atoms with van der Waals surface area (Å²) in [5, 5.41) is 0. The fourth-order valence-electron chi connectivity index (χ4n) is 3.14. The molecular weight excluding hydrogens is 404 g/mol. The van der Waals surface area contributed by atoms with Gasteiger partial charge in [-0.25, -0.2) is 4.39 Å². The molecule has 1 atom stereocenters. The minimum absolute atomic E-state index is 0.101. The summed E-state index contributed by atoms with van der Waals surface area (Å²) in [6, 6.07) is 14.4. The quantitative estimate of drug-likeness (QED) is 0.634. The Labute approximate surface area is 149 Å². The SMILES string of the molecule is O=C(c1ccccc1I)N1CCCCC(c2ccc(F)cc2)C1. The van der Waals surface area contributed by atoms with E-state index < -0.39 is 0 Å². The first kappa shape index (κ1) is 16.4. The van der Waals surface area contributed by atoms with E-state index in [1.54, 1.807) is 0 Å². The summed E-state index contributed by atoms with van der Waals surface area (Å²) in [5.41, 5.74) is 1.89. The van der Waals surface area contributed by atoms with E-state index in [-0.39, 0.29) is 17.6 Å². The molecule has 23 heavy (non-hydrogen) atoms. The molecule has 1 fully saturated rings. The van der Waals surface area contributed by atoms with Crippen LogP contribution in [0.15, 0.2) is 48.5 Å². The van der Waals surface area contributed by atoms with Crippen LogP contribution < -0.4 is 0 Å². The number of amides is 1.